The highest BCUT2D eigenvalue weighted by atomic mass is 16.5. The van der Waals surface area contributed by atoms with E-state index in [2.05, 4.69) is 10.3 Å². The summed E-state index contributed by atoms with van der Waals surface area (Å²) in [6, 6.07) is 17.8. The maximum absolute atomic E-state index is 12.0. The van der Waals surface area contributed by atoms with Crippen molar-refractivity contribution in [1.82, 2.24) is 14.9 Å². The first-order valence-electron chi connectivity index (χ1n) is 8.28. The van der Waals surface area contributed by atoms with E-state index >= 15 is 0 Å². The van der Waals surface area contributed by atoms with Crippen molar-refractivity contribution in [2.24, 2.45) is 0 Å². The fourth-order valence-corrected chi connectivity index (χ4v) is 2.46. The van der Waals surface area contributed by atoms with E-state index in [4.69, 9.17) is 4.74 Å². The molecule has 3 aromatic rings. The number of amides is 1. The number of carbonyl (C=O) groups is 1. The molecule has 0 saturated carbocycles. The molecule has 0 aliphatic heterocycles. The maximum atomic E-state index is 12.0. The number of nitrogens with zero attached hydrogens (tertiary/aromatic N) is 2. The number of rotatable bonds is 8. The van der Waals surface area contributed by atoms with E-state index in [0.717, 1.165) is 16.9 Å². The molecule has 0 spiro atoms. The van der Waals surface area contributed by atoms with Crippen LogP contribution in [0.2, 0.25) is 0 Å². The number of benzene rings is 2. The first kappa shape index (κ1) is 16.8. The zero-order valence-electron chi connectivity index (χ0n) is 14.0. The van der Waals surface area contributed by atoms with E-state index in [1.807, 2.05) is 65.4 Å². The van der Waals surface area contributed by atoms with Crippen LogP contribution in [0.3, 0.4) is 0 Å². The van der Waals surface area contributed by atoms with E-state index < -0.39 is 0 Å². The molecule has 0 fully saturated rings. The minimum Gasteiger partial charge on any atom is -0.489 e. The number of para-hydroxylation sites is 1. The average molecular weight is 335 g/mol. The molecule has 25 heavy (non-hydrogen) atoms. The third-order valence-corrected chi connectivity index (χ3v) is 3.84. The van der Waals surface area contributed by atoms with Crippen LogP contribution in [0.1, 0.15) is 17.5 Å². The van der Waals surface area contributed by atoms with Crippen LogP contribution >= 0.6 is 0 Å². The van der Waals surface area contributed by atoms with Gasteiger partial charge in [0.2, 0.25) is 5.91 Å². The van der Waals surface area contributed by atoms with Gasteiger partial charge < -0.3 is 14.6 Å². The van der Waals surface area contributed by atoms with Gasteiger partial charge in [0.25, 0.3) is 0 Å². The summed E-state index contributed by atoms with van der Waals surface area (Å²) in [5.41, 5.74) is 2.08. The average Bonchev–Trinajstić information content (AvgIpc) is 3.18. The van der Waals surface area contributed by atoms with Crippen molar-refractivity contribution in [2.75, 3.05) is 0 Å². The second-order valence-electron chi connectivity index (χ2n) is 5.71. The molecule has 1 heterocycles. The Morgan fingerprint density at radius 3 is 2.68 bits per heavy atom. The zero-order chi connectivity index (χ0) is 17.3. The third-order valence-electron chi connectivity index (χ3n) is 3.84. The molecule has 0 bridgehead atoms. The predicted molar refractivity (Wildman–Crippen MR) is 95.9 cm³/mol. The summed E-state index contributed by atoms with van der Waals surface area (Å²) in [6.07, 6.45) is 5.68. The summed E-state index contributed by atoms with van der Waals surface area (Å²) in [4.78, 5) is 16.0. The van der Waals surface area contributed by atoms with Crippen molar-refractivity contribution in [1.29, 1.82) is 0 Å². The van der Waals surface area contributed by atoms with Crippen molar-refractivity contribution in [3.63, 3.8) is 0 Å². The molecule has 1 aromatic heterocycles. The number of hydrogen-bond acceptors (Lipinski definition) is 3. The van der Waals surface area contributed by atoms with E-state index in [-0.39, 0.29) is 5.91 Å². The lowest BCUT2D eigenvalue weighted by Gasteiger charge is -2.12. The molecule has 2 aromatic carbocycles. The van der Waals surface area contributed by atoms with Gasteiger partial charge in [-0.05, 0) is 11.6 Å². The summed E-state index contributed by atoms with van der Waals surface area (Å²) >= 11 is 0. The van der Waals surface area contributed by atoms with Crippen LogP contribution in [0, 0.1) is 0 Å². The molecular formula is C20H21N3O2. The number of aromatic nitrogens is 2. The van der Waals surface area contributed by atoms with Gasteiger partial charge in [0.15, 0.2) is 0 Å². The summed E-state index contributed by atoms with van der Waals surface area (Å²) < 4.78 is 7.80. The third kappa shape index (κ3) is 5.21. The highest BCUT2D eigenvalue weighted by molar-refractivity contribution is 5.75. The van der Waals surface area contributed by atoms with Crippen molar-refractivity contribution in [3.8, 4) is 5.75 Å². The van der Waals surface area contributed by atoms with Gasteiger partial charge in [-0.15, -0.1) is 0 Å². The van der Waals surface area contributed by atoms with Gasteiger partial charge in [0, 0.05) is 37.5 Å². The lowest BCUT2D eigenvalue weighted by Crippen LogP contribution is -2.24. The Morgan fingerprint density at radius 1 is 1.08 bits per heavy atom. The van der Waals surface area contributed by atoms with Gasteiger partial charge in [-0.1, -0.05) is 48.5 Å². The van der Waals surface area contributed by atoms with Crippen LogP contribution in [0.4, 0.5) is 0 Å². The molecule has 5 heteroatoms. The van der Waals surface area contributed by atoms with Gasteiger partial charge in [-0.2, -0.15) is 0 Å². The number of nitrogens with one attached hydrogen (secondary N) is 1. The summed E-state index contributed by atoms with van der Waals surface area (Å²) in [5, 5.41) is 2.95. The molecule has 0 saturated heterocycles. The first-order valence-corrected chi connectivity index (χ1v) is 8.28. The first-order chi connectivity index (χ1) is 12.3. The second-order valence-corrected chi connectivity index (χ2v) is 5.71. The SMILES string of the molecule is O=C(CCn1ccnc1)NCc1ccccc1OCc1ccccc1. The Bertz CT molecular complexity index is 786. The molecule has 128 valence electrons. The van der Waals surface area contributed by atoms with Gasteiger partial charge >= 0.3 is 0 Å². The highest BCUT2D eigenvalue weighted by Gasteiger charge is 2.06. The van der Waals surface area contributed by atoms with Crippen LogP contribution < -0.4 is 10.1 Å². The predicted octanol–water partition coefficient (Wildman–Crippen LogP) is 3.17. The van der Waals surface area contributed by atoms with Crippen LogP contribution in [0.15, 0.2) is 73.3 Å². The van der Waals surface area contributed by atoms with Gasteiger partial charge in [-0.3, -0.25) is 4.79 Å². The van der Waals surface area contributed by atoms with Crippen LogP contribution in [-0.4, -0.2) is 15.5 Å². The van der Waals surface area contributed by atoms with Crippen molar-refractivity contribution in [3.05, 3.63) is 84.4 Å². The fraction of sp³-hybridized carbons (Fsp3) is 0.200. The summed E-state index contributed by atoms with van der Waals surface area (Å²) in [7, 11) is 0. The van der Waals surface area contributed by atoms with E-state index in [1.54, 1.807) is 12.5 Å². The monoisotopic (exact) mass is 335 g/mol. The van der Waals surface area contributed by atoms with Crippen molar-refractivity contribution >= 4 is 5.91 Å². The molecule has 3 rings (SSSR count). The van der Waals surface area contributed by atoms with E-state index in [1.165, 1.54) is 0 Å². The molecule has 0 radical (unpaired) electrons. The van der Waals surface area contributed by atoms with Crippen molar-refractivity contribution in [2.45, 2.75) is 26.1 Å². The minimum absolute atomic E-state index is 0.00608. The Hall–Kier alpha value is -3.08. The number of imidazole rings is 1. The molecule has 0 aliphatic rings. The molecule has 1 N–H and O–H groups in total. The molecule has 0 atom stereocenters. The van der Waals surface area contributed by atoms with Crippen molar-refractivity contribution < 1.29 is 9.53 Å². The molecule has 5 nitrogen and oxygen atoms in total. The van der Waals surface area contributed by atoms with Crippen LogP contribution in [0.5, 0.6) is 5.75 Å². The molecule has 0 unspecified atom stereocenters. The summed E-state index contributed by atoms with van der Waals surface area (Å²) in [6.45, 7) is 1.58. The summed E-state index contributed by atoms with van der Waals surface area (Å²) in [5.74, 6) is 0.799. The minimum atomic E-state index is 0.00608. The Labute approximate surface area is 147 Å². The largest absolute Gasteiger partial charge is 0.489 e. The van der Waals surface area contributed by atoms with E-state index in [9.17, 15) is 4.79 Å². The number of aryl methyl sites for hydroxylation is 1. The Kier molecular flexibility index (Phi) is 5.82. The Balaban J connectivity index is 1.51. The smallest absolute Gasteiger partial charge is 0.222 e. The topological polar surface area (TPSA) is 56.2 Å². The van der Waals surface area contributed by atoms with Gasteiger partial charge in [0.1, 0.15) is 12.4 Å². The van der Waals surface area contributed by atoms with Gasteiger partial charge in [0.05, 0.1) is 6.33 Å². The normalized spacial score (nSPS) is 10.4. The van der Waals surface area contributed by atoms with Gasteiger partial charge in [-0.25, -0.2) is 4.98 Å². The number of ether oxygens (including phenoxy) is 1. The van der Waals surface area contributed by atoms with E-state index in [0.29, 0.717) is 26.1 Å². The molecule has 0 aliphatic carbocycles. The lowest BCUT2D eigenvalue weighted by atomic mass is 10.2. The zero-order valence-corrected chi connectivity index (χ0v) is 14.0. The van der Waals surface area contributed by atoms with Crippen LogP contribution in [0.25, 0.3) is 0 Å². The maximum Gasteiger partial charge on any atom is 0.222 e. The highest BCUT2D eigenvalue weighted by Crippen LogP contribution is 2.19. The molecular weight excluding hydrogens is 314 g/mol. The molecule has 1 amide bonds. The standard InChI is InChI=1S/C20H21N3O2/c24-20(10-12-23-13-11-21-16-23)22-14-18-8-4-5-9-19(18)25-15-17-6-2-1-3-7-17/h1-9,11,13,16H,10,12,14-15H2,(H,22,24). The quantitative estimate of drug-likeness (QED) is 0.688. The lowest BCUT2D eigenvalue weighted by molar-refractivity contribution is -0.121. The number of carbonyl (C=O) groups excluding carboxylic acids is 1. The fourth-order valence-electron chi connectivity index (χ4n) is 2.46. The number of hydrogen-bond donors (Lipinski definition) is 1. The Morgan fingerprint density at radius 2 is 1.88 bits per heavy atom. The van der Waals surface area contributed by atoms with Crippen LogP contribution in [-0.2, 0) is 24.5 Å². The second kappa shape index (κ2) is 8.68.